The fourth-order valence-corrected chi connectivity index (χ4v) is 4.84. The minimum atomic E-state index is -4.64. The molecule has 0 aliphatic heterocycles. The Labute approximate surface area is 227 Å². The first kappa shape index (κ1) is 27.2. The van der Waals surface area contributed by atoms with E-state index in [1.54, 1.807) is 11.3 Å². The summed E-state index contributed by atoms with van der Waals surface area (Å²) in [6.45, 7) is 2.20. The molecule has 0 saturated heterocycles. The van der Waals surface area contributed by atoms with Crippen LogP contribution in [0.3, 0.4) is 0 Å². The molecule has 3 heterocycles. The van der Waals surface area contributed by atoms with Crippen molar-refractivity contribution in [3.63, 3.8) is 0 Å². The SMILES string of the molecule is CCCCc1nc(Cl)c(COP(=O)(O)O)n1Cc1ccc(-c2cscc2-c2nnn[nH]2)cc1.[NaH]. The molecule has 4 aromatic rings. The number of H-pyrrole nitrogens is 1. The van der Waals surface area contributed by atoms with Crippen LogP contribution in [-0.4, -0.2) is 69.5 Å². The summed E-state index contributed by atoms with van der Waals surface area (Å²) in [5, 5.41) is 18.3. The Morgan fingerprint density at radius 1 is 1.21 bits per heavy atom. The van der Waals surface area contributed by atoms with E-state index in [9.17, 15) is 4.57 Å². The first-order valence-corrected chi connectivity index (χ1v) is 13.0. The van der Waals surface area contributed by atoms with Crippen LogP contribution in [0.15, 0.2) is 35.0 Å². The van der Waals surface area contributed by atoms with Gasteiger partial charge in [-0.15, -0.1) is 5.10 Å². The van der Waals surface area contributed by atoms with Crippen LogP contribution in [-0.2, 0) is 28.7 Å². The number of rotatable bonds is 10. The third-order valence-corrected chi connectivity index (χ3v) is 6.61. The molecule has 0 bridgehead atoms. The van der Waals surface area contributed by atoms with Crippen molar-refractivity contribution in [2.24, 2.45) is 0 Å². The number of nitrogens with zero attached hydrogens (tertiary/aromatic N) is 5. The van der Waals surface area contributed by atoms with Crippen LogP contribution in [0.1, 0.15) is 36.8 Å². The number of aromatic amines is 1. The molecule has 0 radical (unpaired) electrons. The number of thiophene rings is 1. The summed E-state index contributed by atoms with van der Waals surface area (Å²) in [5.41, 5.74) is 4.40. The monoisotopic (exact) mass is 532 g/mol. The van der Waals surface area contributed by atoms with Gasteiger partial charge in [0.15, 0.2) is 11.0 Å². The second kappa shape index (κ2) is 12.0. The molecule has 0 atom stereocenters. The van der Waals surface area contributed by atoms with Crippen molar-refractivity contribution in [1.29, 1.82) is 0 Å². The Bertz CT molecular complexity index is 1260. The molecule has 4 rings (SSSR count). The number of aromatic nitrogens is 6. The van der Waals surface area contributed by atoms with E-state index in [0.717, 1.165) is 40.9 Å². The van der Waals surface area contributed by atoms with Crippen molar-refractivity contribution < 1.29 is 18.9 Å². The van der Waals surface area contributed by atoms with Gasteiger partial charge in [0.25, 0.3) is 0 Å². The van der Waals surface area contributed by atoms with E-state index in [1.165, 1.54) is 0 Å². The maximum atomic E-state index is 11.2. The van der Waals surface area contributed by atoms with Crippen LogP contribution in [0.4, 0.5) is 0 Å². The molecule has 10 nitrogen and oxygen atoms in total. The van der Waals surface area contributed by atoms with Gasteiger partial charge in [-0.25, -0.2) is 14.6 Å². The van der Waals surface area contributed by atoms with Gasteiger partial charge in [-0.2, -0.15) is 11.3 Å². The third kappa shape index (κ3) is 6.63. The number of phosphoric ester groups is 1. The van der Waals surface area contributed by atoms with Gasteiger partial charge in [-0.3, -0.25) is 4.52 Å². The summed E-state index contributed by atoms with van der Waals surface area (Å²) in [4.78, 5) is 22.6. The molecule has 3 N–H and O–H groups in total. The van der Waals surface area contributed by atoms with E-state index in [4.69, 9.17) is 25.9 Å². The molecular formula is C20H23ClN6NaO4PS. The number of hydrogen-bond acceptors (Lipinski definition) is 7. The molecule has 34 heavy (non-hydrogen) atoms. The Balaban J connectivity index is 0.00000324. The van der Waals surface area contributed by atoms with Crippen molar-refractivity contribution in [3.8, 4) is 22.5 Å². The van der Waals surface area contributed by atoms with Crippen LogP contribution >= 0.6 is 30.8 Å². The number of benzene rings is 1. The number of unbranched alkanes of at least 4 members (excludes halogenated alkanes) is 1. The molecule has 0 unspecified atom stereocenters. The van der Waals surface area contributed by atoms with Crippen LogP contribution in [0.25, 0.3) is 22.5 Å². The third-order valence-electron chi connectivity index (χ3n) is 5.09. The molecule has 1 aromatic carbocycles. The van der Waals surface area contributed by atoms with Crippen molar-refractivity contribution in [3.05, 3.63) is 57.3 Å². The van der Waals surface area contributed by atoms with E-state index in [2.05, 4.69) is 32.5 Å². The van der Waals surface area contributed by atoms with E-state index >= 15 is 0 Å². The van der Waals surface area contributed by atoms with E-state index in [1.807, 2.05) is 39.6 Å². The predicted octanol–water partition coefficient (Wildman–Crippen LogP) is 3.80. The zero-order valence-corrected chi connectivity index (χ0v) is 20.1. The molecule has 0 fully saturated rings. The summed E-state index contributed by atoms with van der Waals surface area (Å²) in [7, 11) is -4.64. The van der Waals surface area contributed by atoms with Crippen LogP contribution in [0.5, 0.6) is 0 Å². The zero-order chi connectivity index (χ0) is 23.4. The number of imidazole rings is 1. The van der Waals surface area contributed by atoms with Gasteiger partial charge in [0.2, 0.25) is 0 Å². The summed E-state index contributed by atoms with van der Waals surface area (Å²) in [5.74, 6) is 1.37. The number of halogens is 1. The molecule has 0 aliphatic carbocycles. The van der Waals surface area contributed by atoms with E-state index < -0.39 is 7.82 Å². The predicted molar refractivity (Wildman–Crippen MR) is 132 cm³/mol. The topological polar surface area (TPSA) is 139 Å². The standard InChI is InChI=1S/C20H22ClN6O4PS.Na.H/c1-2-3-4-18-22-19(21)17(10-31-32(28,29)30)27(18)9-13-5-7-14(8-6-13)15-11-33-12-16(15)20-23-25-26-24-20;;/h5-8,11-12H,2-4,9-10H2,1H3,(H2,28,29,30)(H,23,24,25,26);;. The summed E-state index contributed by atoms with van der Waals surface area (Å²) < 4.78 is 17.8. The first-order valence-electron chi connectivity index (χ1n) is 10.2. The molecular weight excluding hydrogens is 510 g/mol. The summed E-state index contributed by atoms with van der Waals surface area (Å²) in [6, 6.07) is 8.03. The molecule has 14 heteroatoms. The number of phosphoric acid groups is 1. The Morgan fingerprint density at radius 3 is 2.59 bits per heavy atom. The van der Waals surface area contributed by atoms with Gasteiger partial charge in [0.05, 0.1) is 5.69 Å². The molecule has 0 aliphatic rings. The average Bonchev–Trinajstić information content (AvgIpc) is 3.52. The zero-order valence-electron chi connectivity index (χ0n) is 17.7. The van der Waals surface area contributed by atoms with Gasteiger partial charge < -0.3 is 14.4 Å². The summed E-state index contributed by atoms with van der Waals surface area (Å²) >= 11 is 7.87. The van der Waals surface area contributed by atoms with Gasteiger partial charge in [-0.1, -0.05) is 49.2 Å². The quantitative estimate of drug-likeness (QED) is 0.207. The van der Waals surface area contributed by atoms with Crippen LogP contribution in [0, 0.1) is 0 Å². The van der Waals surface area contributed by atoms with Gasteiger partial charge in [0, 0.05) is 29.5 Å². The van der Waals surface area contributed by atoms with E-state index in [-0.39, 0.29) is 41.3 Å². The van der Waals surface area contributed by atoms with Gasteiger partial charge in [-0.05, 0) is 33.4 Å². The molecule has 0 saturated carbocycles. The fraction of sp³-hybridized carbons (Fsp3) is 0.300. The minimum absolute atomic E-state index is 0. The van der Waals surface area contributed by atoms with Crippen molar-refractivity contribution >= 4 is 60.3 Å². The van der Waals surface area contributed by atoms with Crippen molar-refractivity contribution in [1.82, 2.24) is 30.2 Å². The molecule has 0 amide bonds. The fourth-order valence-electron chi connectivity index (χ4n) is 3.45. The Hall–Kier alpha value is -1.40. The number of tetrazole rings is 1. The number of aryl methyl sites for hydroxylation is 1. The van der Waals surface area contributed by atoms with E-state index in [0.29, 0.717) is 24.5 Å². The number of nitrogens with one attached hydrogen (secondary N) is 1. The van der Waals surface area contributed by atoms with Gasteiger partial charge >= 0.3 is 37.4 Å². The Kier molecular flexibility index (Phi) is 9.62. The average molecular weight is 533 g/mol. The van der Waals surface area contributed by atoms with Crippen molar-refractivity contribution in [2.75, 3.05) is 0 Å². The van der Waals surface area contributed by atoms with Gasteiger partial charge in [0.1, 0.15) is 12.4 Å². The van der Waals surface area contributed by atoms with Crippen molar-refractivity contribution in [2.45, 2.75) is 39.3 Å². The maximum absolute atomic E-state index is 11.2. The molecule has 176 valence electrons. The van der Waals surface area contributed by atoms with Crippen LogP contribution < -0.4 is 0 Å². The Morgan fingerprint density at radius 2 is 1.94 bits per heavy atom. The molecule has 0 spiro atoms. The second-order valence-corrected chi connectivity index (χ2v) is 9.71. The normalized spacial score (nSPS) is 11.5. The van der Waals surface area contributed by atoms with Crippen LogP contribution in [0.2, 0.25) is 5.15 Å². The summed E-state index contributed by atoms with van der Waals surface area (Å²) in [6.07, 6.45) is 2.60. The molecule has 3 aromatic heterocycles. The number of hydrogen-bond donors (Lipinski definition) is 3. The second-order valence-electron chi connectivity index (χ2n) is 7.37. The first-order chi connectivity index (χ1) is 15.9.